The number of ether oxygens (including phenoxy) is 2. The molecule has 1 unspecified atom stereocenters. The van der Waals surface area contributed by atoms with Crippen molar-refractivity contribution in [3.05, 3.63) is 78.6 Å². The molecule has 0 saturated carbocycles. The summed E-state index contributed by atoms with van der Waals surface area (Å²) in [5.74, 6) is -0.0943. The van der Waals surface area contributed by atoms with Crippen LogP contribution >= 0.6 is 0 Å². The van der Waals surface area contributed by atoms with Crippen LogP contribution in [0.25, 0.3) is 0 Å². The van der Waals surface area contributed by atoms with Crippen LogP contribution in [0.5, 0.6) is 17.2 Å². The zero-order valence-corrected chi connectivity index (χ0v) is 19.4. The van der Waals surface area contributed by atoms with Crippen molar-refractivity contribution in [1.82, 2.24) is 4.31 Å². The third-order valence-corrected chi connectivity index (χ3v) is 7.49. The number of benzene rings is 3. The topological polar surface area (TPSA) is 84.9 Å². The fourth-order valence-electron chi connectivity index (χ4n) is 3.84. The molecule has 1 aliphatic heterocycles. The number of sulfonamides is 1. The normalized spacial score (nSPS) is 16.6. The number of para-hydroxylation sites is 1. The lowest BCUT2D eigenvalue weighted by Gasteiger charge is -2.31. The SMILES string of the molecule is COc1ccc(F)cc1S(=O)(=O)N1CCCC(C(=O)Nc2ccc(Oc3ccccc3)cc2)C1. The number of methoxy groups -OCH3 is 1. The number of rotatable bonds is 7. The Hall–Kier alpha value is -3.43. The zero-order chi connectivity index (χ0) is 24.1. The molecule has 0 bridgehead atoms. The first-order chi connectivity index (χ1) is 16.4. The Bertz CT molecular complexity index is 1250. The van der Waals surface area contributed by atoms with Gasteiger partial charge in [-0.2, -0.15) is 4.31 Å². The van der Waals surface area contributed by atoms with E-state index in [2.05, 4.69) is 5.32 Å². The highest BCUT2D eigenvalue weighted by molar-refractivity contribution is 7.89. The van der Waals surface area contributed by atoms with Crippen molar-refractivity contribution in [1.29, 1.82) is 0 Å². The van der Waals surface area contributed by atoms with Gasteiger partial charge in [0.2, 0.25) is 15.9 Å². The summed E-state index contributed by atoms with van der Waals surface area (Å²) in [7, 11) is -2.70. The molecule has 1 fully saturated rings. The highest BCUT2D eigenvalue weighted by atomic mass is 32.2. The van der Waals surface area contributed by atoms with E-state index in [4.69, 9.17) is 9.47 Å². The van der Waals surface area contributed by atoms with Gasteiger partial charge in [0.1, 0.15) is 28.0 Å². The van der Waals surface area contributed by atoms with Crippen LogP contribution in [0.4, 0.5) is 10.1 Å². The number of anilines is 1. The first-order valence-electron chi connectivity index (χ1n) is 10.8. The Kier molecular flexibility index (Phi) is 7.14. The number of nitrogens with one attached hydrogen (secondary N) is 1. The Balaban J connectivity index is 1.42. The van der Waals surface area contributed by atoms with Crippen molar-refractivity contribution in [3.63, 3.8) is 0 Å². The molecule has 3 aromatic rings. The number of hydrogen-bond donors (Lipinski definition) is 1. The first-order valence-corrected chi connectivity index (χ1v) is 12.3. The van der Waals surface area contributed by atoms with Crippen LogP contribution in [0, 0.1) is 11.7 Å². The van der Waals surface area contributed by atoms with Gasteiger partial charge in [-0.05, 0) is 67.4 Å². The van der Waals surface area contributed by atoms with Crippen molar-refractivity contribution in [2.45, 2.75) is 17.7 Å². The van der Waals surface area contributed by atoms with E-state index in [1.54, 1.807) is 24.3 Å². The smallest absolute Gasteiger partial charge is 0.246 e. The van der Waals surface area contributed by atoms with E-state index >= 15 is 0 Å². The second kappa shape index (κ2) is 10.2. The van der Waals surface area contributed by atoms with Gasteiger partial charge in [0.05, 0.1) is 13.0 Å². The summed E-state index contributed by atoms with van der Waals surface area (Å²) in [5, 5.41) is 2.85. The monoisotopic (exact) mass is 484 g/mol. The quantitative estimate of drug-likeness (QED) is 0.527. The number of carbonyl (C=O) groups excluding carboxylic acids is 1. The van der Waals surface area contributed by atoms with E-state index in [1.165, 1.54) is 17.5 Å². The van der Waals surface area contributed by atoms with Gasteiger partial charge in [-0.3, -0.25) is 4.79 Å². The molecule has 0 spiro atoms. The molecule has 178 valence electrons. The second-order valence-corrected chi connectivity index (χ2v) is 9.83. The minimum atomic E-state index is -4.03. The number of nitrogens with zero attached hydrogens (tertiary/aromatic N) is 1. The molecule has 9 heteroatoms. The molecule has 0 aliphatic carbocycles. The van der Waals surface area contributed by atoms with Crippen molar-refractivity contribution < 1.29 is 27.1 Å². The Morgan fingerprint density at radius 1 is 1.03 bits per heavy atom. The van der Waals surface area contributed by atoms with E-state index in [-0.39, 0.29) is 29.6 Å². The summed E-state index contributed by atoms with van der Waals surface area (Å²) < 4.78 is 52.2. The summed E-state index contributed by atoms with van der Waals surface area (Å²) in [6, 6.07) is 19.7. The third kappa shape index (κ3) is 5.37. The predicted octanol–water partition coefficient (Wildman–Crippen LogP) is 4.67. The van der Waals surface area contributed by atoms with Crippen molar-refractivity contribution in [3.8, 4) is 17.2 Å². The molecule has 3 aromatic carbocycles. The molecule has 1 heterocycles. The van der Waals surface area contributed by atoms with Gasteiger partial charge < -0.3 is 14.8 Å². The summed E-state index contributed by atoms with van der Waals surface area (Å²) in [6.45, 7) is 0.250. The average molecular weight is 485 g/mol. The second-order valence-electron chi connectivity index (χ2n) is 7.93. The molecular formula is C25H25FN2O5S. The third-order valence-electron chi connectivity index (χ3n) is 5.60. The molecular weight excluding hydrogens is 459 g/mol. The molecule has 1 amide bonds. The lowest BCUT2D eigenvalue weighted by Crippen LogP contribution is -2.43. The summed E-state index contributed by atoms with van der Waals surface area (Å²) in [6.07, 6.45) is 1.06. The molecule has 1 atom stereocenters. The largest absolute Gasteiger partial charge is 0.495 e. The van der Waals surface area contributed by atoms with Gasteiger partial charge in [-0.25, -0.2) is 12.8 Å². The standard InChI is InChI=1S/C25H25FN2O5S/c1-32-23-14-9-19(26)16-24(23)34(30,31)28-15-5-6-18(17-28)25(29)27-20-10-12-22(13-11-20)33-21-7-3-2-4-8-21/h2-4,7-14,16,18H,5-6,15,17H2,1H3,(H,27,29). The van der Waals surface area contributed by atoms with Crippen molar-refractivity contribution in [2.75, 3.05) is 25.5 Å². The van der Waals surface area contributed by atoms with Gasteiger partial charge in [-0.1, -0.05) is 18.2 Å². The Morgan fingerprint density at radius 2 is 1.74 bits per heavy atom. The minimum absolute atomic E-state index is 0.00301. The van der Waals surface area contributed by atoms with E-state index in [1.807, 2.05) is 30.3 Å². The van der Waals surface area contributed by atoms with Crippen LogP contribution in [0.15, 0.2) is 77.7 Å². The Labute approximate surface area is 198 Å². The van der Waals surface area contributed by atoms with E-state index in [9.17, 15) is 17.6 Å². The van der Waals surface area contributed by atoms with Gasteiger partial charge >= 0.3 is 0 Å². The highest BCUT2D eigenvalue weighted by Crippen LogP contribution is 2.31. The fourth-order valence-corrected chi connectivity index (χ4v) is 5.53. The van der Waals surface area contributed by atoms with E-state index in [0.717, 1.165) is 12.1 Å². The molecule has 1 saturated heterocycles. The van der Waals surface area contributed by atoms with E-state index in [0.29, 0.717) is 30.0 Å². The van der Waals surface area contributed by atoms with Crippen molar-refractivity contribution >= 4 is 21.6 Å². The molecule has 7 nitrogen and oxygen atoms in total. The van der Waals surface area contributed by atoms with Gasteiger partial charge in [0.15, 0.2) is 0 Å². The molecule has 1 aliphatic rings. The summed E-state index contributed by atoms with van der Waals surface area (Å²) in [5.41, 5.74) is 0.581. The maximum atomic E-state index is 13.8. The van der Waals surface area contributed by atoms with Gasteiger partial charge in [0.25, 0.3) is 0 Å². The zero-order valence-electron chi connectivity index (χ0n) is 18.6. The minimum Gasteiger partial charge on any atom is -0.495 e. The Morgan fingerprint density at radius 3 is 2.44 bits per heavy atom. The first kappa shape index (κ1) is 23.7. The highest BCUT2D eigenvalue weighted by Gasteiger charge is 2.35. The summed E-state index contributed by atoms with van der Waals surface area (Å²) in [4.78, 5) is 12.6. The average Bonchev–Trinajstić information content (AvgIpc) is 2.86. The number of halogens is 1. The van der Waals surface area contributed by atoms with Crippen LogP contribution in [-0.2, 0) is 14.8 Å². The molecule has 0 aromatic heterocycles. The van der Waals surface area contributed by atoms with Crippen molar-refractivity contribution in [2.24, 2.45) is 5.92 Å². The summed E-state index contributed by atoms with van der Waals surface area (Å²) >= 11 is 0. The van der Waals surface area contributed by atoms with Crippen LogP contribution in [0.3, 0.4) is 0 Å². The molecule has 1 N–H and O–H groups in total. The number of hydrogen-bond acceptors (Lipinski definition) is 5. The van der Waals surface area contributed by atoms with E-state index < -0.39 is 21.8 Å². The van der Waals surface area contributed by atoms with Gasteiger partial charge in [0, 0.05) is 18.8 Å². The predicted molar refractivity (Wildman–Crippen MR) is 126 cm³/mol. The maximum Gasteiger partial charge on any atom is 0.246 e. The number of carbonyl (C=O) groups is 1. The van der Waals surface area contributed by atoms with Gasteiger partial charge in [-0.15, -0.1) is 0 Å². The lowest BCUT2D eigenvalue weighted by atomic mass is 9.99. The number of amides is 1. The maximum absolute atomic E-state index is 13.8. The van der Waals surface area contributed by atoms with Crippen LogP contribution < -0.4 is 14.8 Å². The fraction of sp³-hybridized carbons (Fsp3) is 0.240. The van der Waals surface area contributed by atoms with Crippen LogP contribution in [-0.4, -0.2) is 38.8 Å². The number of piperidine rings is 1. The lowest BCUT2D eigenvalue weighted by molar-refractivity contribution is -0.120. The van der Waals surface area contributed by atoms with Crippen LogP contribution in [0.2, 0.25) is 0 Å². The molecule has 0 radical (unpaired) electrons. The van der Waals surface area contributed by atoms with Crippen LogP contribution in [0.1, 0.15) is 12.8 Å². The molecule has 4 rings (SSSR count). The molecule has 34 heavy (non-hydrogen) atoms.